The molecular weight excluding hydrogens is 330 g/mol. The molecule has 0 aliphatic rings. The molecule has 0 spiro atoms. The van der Waals surface area contributed by atoms with E-state index >= 15 is 0 Å². The molecule has 0 saturated heterocycles. The Labute approximate surface area is 123 Å². The first-order valence-corrected chi connectivity index (χ1v) is 8.83. The largest absolute Gasteiger partial charge is 0.394 e. The minimum atomic E-state index is -3.60. The summed E-state index contributed by atoms with van der Waals surface area (Å²) in [5, 5.41) is 10.1. The van der Waals surface area contributed by atoms with Gasteiger partial charge < -0.3 is 5.11 Å². The maximum atomic E-state index is 12.3. The summed E-state index contributed by atoms with van der Waals surface area (Å²) in [4.78, 5) is 0.219. The van der Waals surface area contributed by atoms with Crippen molar-refractivity contribution in [2.24, 2.45) is 0 Å². The number of hydrogen-bond donors (Lipinski definition) is 2. The zero-order valence-corrected chi connectivity index (χ0v) is 13.6. The van der Waals surface area contributed by atoms with Gasteiger partial charge in [0.05, 0.1) is 17.0 Å². The molecule has 0 amide bonds. The summed E-state index contributed by atoms with van der Waals surface area (Å²) in [6.07, 6.45) is 1.08. The SMILES string of the molecule is CCC(CC)(CO)NS(=O)(=O)c1ccc(CBr)cc1. The molecule has 19 heavy (non-hydrogen) atoms. The van der Waals surface area contributed by atoms with Gasteiger partial charge in [-0.05, 0) is 30.5 Å². The highest BCUT2D eigenvalue weighted by molar-refractivity contribution is 9.08. The molecule has 108 valence electrons. The summed E-state index contributed by atoms with van der Waals surface area (Å²) in [6.45, 7) is 3.51. The zero-order chi connectivity index (χ0) is 14.5. The highest BCUT2D eigenvalue weighted by atomic mass is 79.9. The lowest BCUT2D eigenvalue weighted by Gasteiger charge is -2.30. The predicted molar refractivity (Wildman–Crippen MR) is 79.8 cm³/mol. The van der Waals surface area contributed by atoms with Crippen LogP contribution in [-0.2, 0) is 15.4 Å². The standard InChI is InChI=1S/C13H20BrNO3S/c1-3-13(4-2,10-16)15-19(17,18)12-7-5-11(9-14)6-8-12/h5-8,15-16H,3-4,9-10H2,1-2H3. The number of halogens is 1. The zero-order valence-electron chi connectivity index (χ0n) is 11.2. The first-order chi connectivity index (χ1) is 8.93. The number of hydrogen-bond acceptors (Lipinski definition) is 3. The van der Waals surface area contributed by atoms with E-state index in [0.717, 1.165) is 5.56 Å². The smallest absolute Gasteiger partial charge is 0.241 e. The second-order valence-corrected chi connectivity index (χ2v) is 6.77. The lowest BCUT2D eigenvalue weighted by atomic mass is 9.96. The molecule has 0 saturated carbocycles. The van der Waals surface area contributed by atoms with Crippen molar-refractivity contribution in [3.63, 3.8) is 0 Å². The van der Waals surface area contributed by atoms with Crippen LogP contribution in [0.1, 0.15) is 32.3 Å². The van der Waals surface area contributed by atoms with Gasteiger partial charge >= 0.3 is 0 Å². The Hall–Kier alpha value is -0.430. The lowest BCUT2D eigenvalue weighted by molar-refractivity contribution is 0.172. The molecule has 0 radical (unpaired) electrons. The fraction of sp³-hybridized carbons (Fsp3) is 0.538. The Bertz CT molecular complexity index is 487. The van der Waals surface area contributed by atoms with Crippen molar-refractivity contribution < 1.29 is 13.5 Å². The predicted octanol–water partition coefficient (Wildman–Crippen LogP) is 2.41. The van der Waals surface area contributed by atoms with Crippen molar-refractivity contribution in [1.82, 2.24) is 4.72 Å². The van der Waals surface area contributed by atoms with Crippen molar-refractivity contribution in [2.75, 3.05) is 6.61 Å². The summed E-state index contributed by atoms with van der Waals surface area (Å²) < 4.78 is 27.2. The quantitative estimate of drug-likeness (QED) is 0.742. The molecule has 0 aromatic heterocycles. The average Bonchev–Trinajstić information content (AvgIpc) is 2.45. The van der Waals surface area contributed by atoms with Gasteiger partial charge in [0, 0.05) is 5.33 Å². The average molecular weight is 350 g/mol. The third kappa shape index (κ3) is 4.02. The Morgan fingerprint density at radius 2 is 1.74 bits per heavy atom. The van der Waals surface area contributed by atoms with E-state index in [2.05, 4.69) is 20.7 Å². The molecule has 6 heteroatoms. The first-order valence-electron chi connectivity index (χ1n) is 6.22. The maximum absolute atomic E-state index is 12.3. The molecule has 4 nitrogen and oxygen atoms in total. The van der Waals surface area contributed by atoms with E-state index in [1.807, 2.05) is 13.8 Å². The fourth-order valence-corrected chi connectivity index (χ4v) is 3.66. The fourth-order valence-electron chi connectivity index (χ4n) is 1.75. The van der Waals surface area contributed by atoms with Crippen molar-refractivity contribution in [1.29, 1.82) is 0 Å². The molecular formula is C13H20BrNO3S. The number of alkyl halides is 1. The third-order valence-corrected chi connectivity index (χ3v) is 5.64. The normalized spacial score (nSPS) is 12.6. The molecule has 0 fully saturated rings. The van der Waals surface area contributed by atoms with E-state index in [1.165, 1.54) is 0 Å². The number of aliphatic hydroxyl groups excluding tert-OH is 1. The topological polar surface area (TPSA) is 66.4 Å². The van der Waals surface area contributed by atoms with Gasteiger partial charge in [0.15, 0.2) is 0 Å². The van der Waals surface area contributed by atoms with Gasteiger partial charge in [0.25, 0.3) is 0 Å². The van der Waals surface area contributed by atoms with Gasteiger partial charge in [-0.25, -0.2) is 13.1 Å². The van der Waals surface area contributed by atoms with E-state index in [-0.39, 0.29) is 11.5 Å². The second kappa shape index (κ2) is 6.83. The van der Waals surface area contributed by atoms with E-state index in [9.17, 15) is 13.5 Å². The highest BCUT2D eigenvalue weighted by Gasteiger charge is 2.31. The summed E-state index contributed by atoms with van der Waals surface area (Å²) >= 11 is 3.32. The van der Waals surface area contributed by atoms with Crippen LogP contribution in [-0.4, -0.2) is 25.7 Å². The second-order valence-electron chi connectivity index (χ2n) is 4.53. The van der Waals surface area contributed by atoms with Crippen LogP contribution >= 0.6 is 15.9 Å². The van der Waals surface area contributed by atoms with Gasteiger partial charge in [0.2, 0.25) is 10.0 Å². The molecule has 0 bridgehead atoms. The van der Waals surface area contributed by atoms with Gasteiger partial charge in [-0.2, -0.15) is 0 Å². The Kier molecular flexibility index (Phi) is 5.98. The lowest BCUT2D eigenvalue weighted by Crippen LogP contribution is -2.50. The van der Waals surface area contributed by atoms with Crippen LogP contribution in [0.3, 0.4) is 0 Å². The van der Waals surface area contributed by atoms with E-state index in [4.69, 9.17) is 0 Å². The van der Waals surface area contributed by atoms with Crippen LogP contribution in [0.15, 0.2) is 29.2 Å². The van der Waals surface area contributed by atoms with Crippen LogP contribution in [0.4, 0.5) is 0 Å². The van der Waals surface area contributed by atoms with E-state index in [1.54, 1.807) is 24.3 Å². The molecule has 0 aliphatic carbocycles. The van der Waals surface area contributed by atoms with Crippen molar-refractivity contribution >= 4 is 26.0 Å². The number of benzene rings is 1. The van der Waals surface area contributed by atoms with Gasteiger partial charge in [-0.15, -0.1) is 0 Å². The minimum absolute atomic E-state index is 0.210. The highest BCUT2D eigenvalue weighted by Crippen LogP contribution is 2.20. The number of rotatable bonds is 7. The van der Waals surface area contributed by atoms with Crippen LogP contribution in [0.2, 0.25) is 0 Å². The first kappa shape index (κ1) is 16.6. The monoisotopic (exact) mass is 349 g/mol. The molecule has 0 heterocycles. The number of sulfonamides is 1. The molecule has 1 aromatic rings. The van der Waals surface area contributed by atoms with Gasteiger partial charge in [-0.1, -0.05) is 41.9 Å². The maximum Gasteiger partial charge on any atom is 0.241 e. The Morgan fingerprint density at radius 3 is 2.11 bits per heavy atom. The summed E-state index contributed by atoms with van der Waals surface area (Å²) in [5.74, 6) is 0. The Morgan fingerprint density at radius 1 is 1.21 bits per heavy atom. The van der Waals surface area contributed by atoms with E-state index in [0.29, 0.717) is 18.2 Å². The minimum Gasteiger partial charge on any atom is -0.394 e. The van der Waals surface area contributed by atoms with Gasteiger partial charge in [-0.3, -0.25) is 0 Å². The number of aliphatic hydroxyl groups is 1. The summed E-state index contributed by atoms with van der Waals surface area (Å²) in [6, 6.07) is 6.68. The summed E-state index contributed by atoms with van der Waals surface area (Å²) in [5.41, 5.74) is 0.228. The van der Waals surface area contributed by atoms with Crippen molar-refractivity contribution in [2.45, 2.75) is 42.5 Å². The Balaban J connectivity index is 3.03. The van der Waals surface area contributed by atoms with Crippen LogP contribution < -0.4 is 4.72 Å². The van der Waals surface area contributed by atoms with Crippen molar-refractivity contribution in [3.8, 4) is 0 Å². The van der Waals surface area contributed by atoms with Crippen molar-refractivity contribution in [3.05, 3.63) is 29.8 Å². The molecule has 0 atom stereocenters. The van der Waals surface area contributed by atoms with Gasteiger partial charge in [0.1, 0.15) is 0 Å². The molecule has 1 aromatic carbocycles. The molecule has 2 N–H and O–H groups in total. The molecule has 0 aliphatic heterocycles. The summed E-state index contributed by atoms with van der Waals surface area (Å²) in [7, 11) is -3.60. The molecule has 1 rings (SSSR count). The van der Waals surface area contributed by atoms with E-state index < -0.39 is 15.6 Å². The van der Waals surface area contributed by atoms with Crippen LogP contribution in [0.25, 0.3) is 0 Å². The third-order valence-electron chi connectivity index (χ3n) is 3.40. The van der Waals surface area contributed by atoms with Crippen LogP contribution in [0, 0.1) is 0 Å². The van der Waals surface area contributed by atoms with Crippen LogP contribution in [0.5, 0.6) is 0 Å². The number of nitrogens with one attached hydrogen (secondary N) is 1. The molecule has 0 unspecified atom stereocenters.